The number of nitrogens with zero attached hydrogens (tertiary/aromatic N) is 4. The summed E-state index contributed by atoms with van der Waals surface area (Å²) in [7, 11) is -1.75. The van der Waals surface area contributed by atoms with Crippen molar-refractivity contribution < 1.29 is 17.9 Å². The molecule has 2 aliphatic heterocycles. The Morgan fingerprint density at radius 2 is 1.62 bits per heavy atom. The number of carbonyl (C=O) groups excluding carboxylic acids is 1. The molecule has 190 valence electrons. The number of rotatable bonds is 7. The summed E-state index contributed by atoms with van der Waals surface area (Å²) in [6.45, 7) is 7.02. The molecular formula is C24H39N5O4S. The van der Waals surface area contributed by atoms with E-state index < -0.39 is 10.2 Å². The van der Waals surface area contributed by atoms with Crippen molar-refractivity contribution in [1.29, 1.82) is 0 Å². The molecule has 10 heteroatoms. The van der Waals surface area contributed by atoms with E-state index >= 15 is 0 Å². The molecule has 1 N–H and O–H groups in total. The van der Waals surface area contributed by atoms with Crippen LogP contribution >= 0.6 is 0 Å². The SMILES string of the molecule is CC(C(=O)Nc1ccc(N2CCOCC2)cc1)N1CCN(S(=O)(=O)N(C)C2CCCCC2)CC1. The monoisotopic (exact) mass is 493 g/mol. The first kappa shape index (κ1) is 25.4. The van der Waals surface area contributed by atoms with Gasteiger partial charge in [0.2, 0.25) is 5.91 Å². The Balaban J connectivity index is 1.27. The first-order valence-electron chi connectivity index (χ1n) is 12.6. The molecule has 1 amide bonds. The quantitative estimate of drug-likeness (QED) is 0.625. The molecule has 34 heavy (non-hydrogen) atoms. The minimum atomic E-state index is -3.47. The van der Waals surface area contributed by atoms with Gasteiger partial charge in [0.25, 0.3) is 10.2 Å². The minimum Gasteiger partial charge on any atom is -0.378 e. The first-order valence-corrected chi connectivity index (χ1v) is 14.0. The van der Waals surface area contributed by atoms with E-state index in [0.29, 0.717) is 26.2 Å². The van der Waals surface area contributed by atoms with E-state index in [9.17, 15) is 13.2 Å². The summed E-state index contributed by atoms with van der Waals surface area (Å²) in [5.41, 5.74) is 1.90. The van der Waals surface area contributed by atoms with Gasteiger partial charge in [0.1, 0.15) is 0 Å². The number of piperazine rings is 1. The first-order chi connectivity index (χ1) is 16.4. The molecule has 1 aromatic rings. The molecule has 2 saturated heterocycles. The van der Waals surface area contributed by atoms with Crippen LogP contribution in [-0.2, 0) is 19.7 Å². The molecule has 1 saturated carbocycles. The van der Waals surface area contributed by atoms with Crippen LogP contribution in [0, 0.1) is 0 Å². The molecule has 9 nitrogen and oxygen atoms in total. The molecule has 1 atom stereocenters. The molecular weight excluding hydrogens is 454 g/mol. The summed E-state index contributed by atoms with van der Waals surface area (Å²) in [4.78, 5) is 17.2. The molecule has 0 bridgehead atoms. The zero-order valence-electron chi connectivity index (χ0n) is 20.5. The lowest BCUT2D eigenvalue weighted by atomic mass is 9.96. The van der Waals surface area contributed by atoms with Crippen molar-refractivity contribution in [2.75, 3.05) is 69.7 Å². The minimum absolute atomic E-state index is 0.0743. The standard InChI is InChI=1S/C24H39N5O4S/c1-20(24(30)25-21-8-10-23(11-9-21)28-16-18-33-19-17-28)27-12-14-29(15-13-27)34(31,32)26(2)22-6-4-3-5-7-22/h8-11,20,22H,3-7,12-19H2,1-2H3,(H,25,30). The van der Waals surface area contributed by atoms with Crippen LogP contribution in [0.3, 0.4) is 0 Å². The fraction of sp³-hybridized carbons (Fsp3) is 0.708. The third-order valence-corrected chi connectivity index (χ3v) is 9.53. The highest BCUT2D eigenvalue weighted by Crippen LogP contribution is 2.25. The summed E-state index contributed by atoms with van der Waals surface area (Å²) in [6.07, 6.45) is 5.28. The lowest BCUT2D eigenvalue weighted by molar-refractivity contribution is -0.121. The molecule has 3 fully saturated rings. The van der Waals surface area contributed by atoms with Crippen molar-refractivity contribution in [3.63, 3.8) is 0 Å². The largest absolute Gasteiger partial charge is 0.378 e. The van der Waals surface area contributed by atoms with Crippen LogP contribution < -0.4 is 10.2 Å². The molecule has 0 aromatic heterocycles. The van der Waals surface area contributed by atoms with Gasteiger partial charge in [-0.2, -0.15) is 17.0 Å². The number of hydrogen-bond acceptors (Lipinski definition) is 6. The maximum atomic E-state index is 13.1. The van der Waals surface area contributed by atoms with Crippen molar-refractivity contribution in [2.45, 2.75) is 51.1 Å². The van der Waals surface area contributed by atoms with Crippen LogP contribution in [0.15, 0.2) is 24.3 Å². The number of carbonyl (C=O) groups is 1. The zero-order chi connectivity index (χ0) is 24.1. The molecule has 1 aliphatic carbocycles. The summed E-state index contributed by atoms with van der Waals surface area (Å²) in [6, 6.07) is 7.69. The van der Waals surface area contributed by atoms with Gasteiger partial charge >= 0.3 is 0 Å². The van der Waals surface area contributed by atoms with Crippen molar-refractivity contribution in [1.82, 2.24) is 13.5 Å². The number of amides is 1. The predicted molar refractivity (Wildman–Crippen MR) is 134 cm³/mol. The van der Waals surface area contributed by atoms with Gasteiger partial charge in [-0.3, -0.25) is 9.69 Å². The van der Waals surface area contributed by atoms with Gasteiger partial charge < -0.3 is 15.0 Å². The molecule has 0 spiro atoms. The van der Waals surface area contributed by atoms with Crippen LogP contribution in [0.25, 0.3) is 0 Å². The Morgan fingerprint density at radius 3 is 2.24 bits per heavy atom. The van der Waals surface area contributed by atoms with E-state index in [-0.39, 0.29) is 18.0 Å². The van der Waals surface area contributed by atoms with Gasteiger partial charge in [0.05, 0.1) is 19.3 Å². The predicted octanol–water partition coefficient (Wildman–Crippen LogP) is 1.98. The molecule has 1 unspecified atom stereocenters. The Bertz CT molecular complexity index is 906. The van der Waals surface area contributed by atoms with Crippen molar-refractivity contribution in [3.8, 4) is 0 Å². The lowest BCUT2D eigenvalue weighted by Gasteiger charge is -2.40. The smallest absolute Gasteiger partial charge is 0.282 e. The van der Waals surface area contributed by atoms with Crippen molar-refractivity contribution in [2.24, 2.45) is 0 Å². The average molecular weight is 494 g/mol. The number of hydrogen-bond donors (Lipinski definition) is 1. The molecule has 2 heterocycles. The van der Waals surface area contributed by atoms with Gasteiger partial charge in [-0.1, -0.05) is 19.3 Å². The second kappa shape index (κ2) is 11.3. The summed E-state index contributed by atoms with van der Waals surface area (Å²) < 4.78 is 34.8. The highest BCUT2D eigenvalue weighted by molar-refractivity contribution is 7.86. The van der Waals surface area contributed by atoms with E-state index in [2.05, 4.69) is 15.1 Å². The van der Waals surface area contributed by atoms with Crippen LogP contribution in [0.5, 0.6) is 0 Å². The highest BCUT2D eigenvalue weighted by Gasteiger charge is 2.36. The van der Waals surface area contributed by atoms with Gasteiger partial charge in [-0.05, 0) is 44.0 Å². The lowest BCUT2D eigenvalue weighted by Crippen LogP contribution is -2.57. The van der Waals surface area contributed by atoms with Crippen molar-refractivity contribution >= 4 is 27.5 Å². The molecule has 1 aromatic carbocycles. The fourth-order valence-corrected chi connectivity index (χ4v) is 6.70. The maximum absolute atomic E-state index is 13.1. The Kier molecular flexibility index (Phi) is 8.47. The van der Waals surface area contributed by atoms with Crippen LogP contribution in [0.1, 0.15) is 39.0 Å². The van der Waals surface area contributed by atoms with Crippen LogP contribution in [0.2, 0.25) is 0 Å². The van der Waals surface area contributed by atoms with Gasteiger partial charge in [-0.15, -0.1) is 0 Å². The average Bonchev–Trinajstić information content (AvgIpc) is 2.89. The molecule has 3 aliphatic rings. The van der Waals surface area contributed by atoms with E-state index in [1.54, 1.807) is 15.7 Å². The van der Waals surface area contributed by atoms with Gasteiger partial charge in [0.15, 0.2) is 0 Å². The maximum Gasteiger partial charge on any atom is 0.282 e. The van der Waals surface area contributed by atoms with E-state index in [1.807, 2.05) is 31.2 Å². The van der Waals surface area contributed by atoms with Crippen LogP contribution in [0.4, 0.5) is 11.4 Å². The Labute approximate surface area is 204 Å². The number of anilines is 2. The molecule has 0 radical (unpaired) electrons. The Hall–Kier alpha value is -1.72. The molecule has 4 rings (SSSR count). The summed E-state index contributed by atoms with van der Waals surface area (Å²) >= 11 is 0. The second-order valence-corrected chi connectivity index (χ2v) is 11.6. The Morgan fingerprint density at radius 1 is 1.00 bits per heavy atom. The number of nitrogens with one attached hydrogen (secondary N) is 1. The second-order valence-electron chi connectivity index (χ2n) is 9.56. The third kappa shape index (κ3) is 5.91. The van der Waals surface area contributed by atoms with Gasteiger partial charge in [0, 0.05) is 63.7 Å². The summed E-state index contributed by atoms with van der Waals surface area (Å²) in [5, 5.41) is 3.01. The van der Waals surface area contributed by atoms with Gasteiger partial charge in [-0.25, -0.2) is 0 Å². The number of morpholine rings is 1. The fourth-order valence-electron chi connectivity index (χ4n) is 5.13. The zero-order valence-corrected chi connectivity index (χ0v) is 21.3. The normalized spacial score (nSPS) is 22.6. The van der Waals surface area contributed by atoms with E-state index in [0.717, 1.165) is 63.4 Å². The van der Waals surface area contributed by atoms with E-state index in [4.69, 9.17) is 4.74 Å². The third-order valence-electron chi connectivity index (χ3n) is 7.49. The number of benzene rings is 1. The van der Waals surface area contributed by atoms with E-state index in [1.165, 1.54) is 6.42 Å². The van der Waals surface area contributed by atoms with Crippen LogP contribution in [-0.4, -0.2) is 99.4 Å². The van der Waals surface area contributed by atoms with Crippen molar-refractivity contribution in [3.05, 3.63) is 24.3 Å². The topological polar surface area (TPSA) is 85.4 Å². The number of ether oxygens (including phenoxy) is 1. The highest BCUT2D eigenvalue weighted by atomic mass is 32.2. The summed E-state index contributed by atoms with van der Waals surface area (Å²) in [5.74, 6) is -0.0743.